The first-order chi connectivity index (χ1) is 19.0. The normalized spacial score (nSPS) is 17.1. The van der Waals surface area contributed by atoms with Gasteiger partial charge in [-0.25, -0.2) is 15.0 Å². The van der Waals surface area contributed by atoms with Crippen molar-refractivity contribution in [2.24, 2.45) is 0 Å². The first kappa shape index (κ1) is 25.8. The fourth-order valence-corrected chi connectivity index (χ4v) is 4.38. The van der Waals surface area contributed by atoms with Gasteiger partial charge in [-0.3, -0.25) is 4.79 Å². The molecule has 0 saturated heterocycles. The summed E-state index contributed by atoms with van der Waals surface area (Å²) >= 11 is 0. The van der Waals surface area contributed by atoms with Crippen LogP contribution in [0.5, 0.6) is 0 Å². The van der Waals surface area contributed by atoms with E-state index < -0.39 is 0 Å². The average molecular weight is 523 g/mol. The van der Waals surface area contributed by atoms with Gasteiger partial charge in [-0.1, -0.05) is 24.3 Å². The second kappa shape index (κ2) is 12.1. The molecule has 0 unspecified atom stereocenters. The second-order valence-corrected chi connectivity index (χ2v) is 9.39. The first-order valence-corrected chi connectivity index (χ1v) is 12.8. The van der Waals surface area contributed by atoms with E-state index in [2.05, 4.69) is 30.9 Å². The Morgan fingerprint density at radius 3 is 2.46 bits per heavy atom. The number of amides is 1. The Bertz CT molecular complexity index is 1440. The molecule has 0 spiro atoms. The minimum absolute atomic E-state index is 0.209. The van der Waals surface area contributed by atoms with Gasteiger partial charge in [0, 0.05) is 47.5 Å². The Balaban J connectivity index is 1.27. The fraction of sp³-hybridized carbons (Fsp3) is 0.207. The van der Waals surface area contributed by atoms with Crippen LogP contribution in [0.25, 0.3) is 17.2 Å². The van der Waals surface area contributed by atoms with Crippen molar-refractivity contribution in [2.75, 3.05) is 21.7 Å². The van der Waals surface area contributed by atoms with Gasteiger partial charge < -0.3 is 26.8 Å². The van der Waals surface area contributed by atoms with Crippen molar-refractivity contribution < 1.29 is 9.90 Å². The van der Waals surface area contributed by atoms with Gasteiger partial charge in [0.2, 0.25) is 11.9 Å². The first-order valence-electron chi connectivity index (χ1n) is 12.8. The van der Waals surface area contributed by atoms with Crippen LogP contribution in [-0.4, -0.2) is 43.1 Å². The van der Waals surface area contributed by atoms with Crippen molar-refractivity contribution in [1.82, 2.24) is 19.9 Å². The predicted molar refractivity (Wildman–Crippen MR) is 153 cm³/mol. The number of aromatic nitrogens is 4. The average Bonchev–Trinajstić information content (AvgIpc) is 2.96. The van der Waals surface area contributed by atoms with Gasteiger partial charge in [-0.05, 0) is 61.6 Å². The maximum absolute atomic E-state index is 12.3. The van der Waals surface area contributed by atoms with Crippen molar-refractivity contribution in [3.63, 3.8) is 0 Å². The third kappa shape index (κ3) is 6.93. The number of nitrogens with zero attached hydrogens (tertiary/aromatic N) is 4. The third-order valence-corrected chi connectivity index (χ3v) is 6.51. The van der Waals surface area contributed by atoms with Crippen LogP contribution >= 0.6 is 0 Å². The van der Waals surface area contributed by atoms with Crippen LogP contribution in [0.1, 0.15) is 31.2 Å². The molecule has 5 rings (SSSR count). The van der Waals surface area contributed by atoms with Crippen molar-refractivity contribution in [3.8, 4) is 11.1 Å². The number of nitrogens with one attached hydrogen (secondary N) is 3. The van der Waals surface area contributed by atoms with Crippen molar-refractivity contribution >= 4 is 40.8 Å². The molecular formula is C29H30N8O2. The van der Waals surface area contributed by atoms with E-state index in [4.69, 9.17) is 10.7 Å². The van der Waals surface area contributed by atoms with E-state index in [0.717, 1.165) is 48.1 Å². The molecule has 1 aliphatic carbocycles. The van der Waals surface area contributed by atoms with Gasteiger partial charge in [0.15, 0.2) is 0 Å². The Hall–Kier alpha value is -4.83. The highest BCUT2D eigenvalue weighted by molar-refractivity contribution is 6.03. The summed E-state index contributed by atoms with van der Waals surface area (Å²) < 4.78 is 0. The molecule has 1 saturated carbocycles. The van der Waals surface area contributed by atoms with Crippen LogP contribution < -0.4 is 21.7 Å². The molecule has 4 aromatic rings. The number of benzene rings is 2. The number of hydrogen-bond donors (Lipinski definition) is 5. The lowest BCUT2D eigenvalue weighted by Gasteiger charge is -2.27. The van der Waals surface area contributed by atoms with Crippen LogP contribution in [-0.2, 0) is 4.79 Å². The number of carbonyl (C=O) groups is 1. The fourth-order valence-electron chi connectivity index (χ4n) is 4.38. The number of carbonyl (C=O) groups excluding carboxylic acids is 1. The van der Waals surface area contributed by atoms with E-state index in [1.807, 2.05) is 36.4 Å². The summed E-state index contributed by atoms with van der Waals surface area (Å²) in [5.41, 5.74) is 10.3. The summed E-state index contributed by atoms with van der Waals surface area (Å²) in [5, 5.41) is 19.4. The Morgan fingerprint density at radius 1 is 0.974 bits per heavy atom. The van der Waals surface area contributed by atoms with E-state index in [9.17, 15) is 9.90 Å². The smallest absolute Gasteiger partial charge is 0.248 e. The van der Waals surface area contributed by atoms with Crippen molar-refractivity contribution in [2.45, 2.75) is 37.8 Å². The Kier molecular flexibility index (Phi) is 8.03. The highest BCUT2D eigenvalue weighted by Gasteiger charge is 2.21. The van der Waals surface area contributed by atoms with Crippen molar-refractivity contribution in [1.29, 1.82) is 0 Å². The molecule has 6 N–H and O–H groups in total. The number of anilines is 5. The topological polar surface area (TPSA) is 151 Å². The monoisotopic (exact) mass is 522 g/mol. The van der Waals surface area contributed by atoms with Gasteiger partial charge in [0.05, 0.1) is 17.5 Å². The molecule has 39 heavy (non-hydrogen) atoms. The van der Waals surface area contributed by atoms with Crippen LogP contribution in [0.4, 0.5) is 28.8 Å². The molecule has 2 aromatic heterocycles. The van der Waals surface area contributed by atoms with E-state index >= 15 is 0 Å². The third-order valence-electron chi connectivity index (χ3n) is 6.51. The number of aliphatic hydroxyl groups excluding tert-OH is 1. The Labute approximate surface area is 226 Å². The summed E-state index contributed by atoms with van der Waals surface area (Å²) in [7, 11) is 0. The number of rotatable bonds is 8. The Morgan fingerprint density at radius 2 is 1.72 bits per heavy atom. The molecular weight excluding hydrogens is 492 g/mol. The summed E-state index contributed by atoms with van der Waals surface area (Å²) in [6.07, 6.45) is 12.9. The molecule has 0 radical (unpaired) electrons. The lowest BCUT2D eigenvalue weighted by Crippen LogP contribution is -2.28. The van der Waals surface area contributed by atoms with E-state index in [1.165, 1.54) is 12.4 Å². The van der Waals surface area contributed by atoms with Gasteiger partial charge in [-0.15, -0.1) is 0 Å². The van der Waals surface area contributed by atoms with E-state index in [-0.39, 0.29) is 18.1 Å². The molecule has 198 valence electrons. The molecule has 10 nitrogen and oxygen atoms in total. The standard InChI is InChI=1S/C29H30N8O2/c30-25-3-1-2-4-26(25)36-27(39)14-7-19-5-8-22(9-6-19)35-29-33-17-24(20-15-31-18-32-16-20)28(37-29)34-21-10-12-23(38)13-11-21/h1-9,14-18,21,23,38H,10-13,30H2,(H,36,39)(H2,33,34,35,37)/b14-7+. The molecule has 2 heterocycles. The lowest BCUT2D eigenvalue weighted by molar-refractivity contribution is -0.111. The zero-order valence-electron chi connectivity index (χ0n) is 21.3. The highest BCUT2D eigenvalue weighted by Crippen LogP contribution is 2.30. The molecule has 1 aliphatic rings. The van der Waals surface area contributed by atoms with Crippen LogP contribution in [0.3, 0.4) is 0 Å². The number of para-hydroxylation sites is 2. The SMILES string of the molecule is Nc1ccccc1NC(=O)/C=C/c1ccc(Nc2ncc(-c3cncnc3)c(NC3CCC(O)CC3)n2)cc1. The molecule has 1 amide bonds. The number of aliphatic hydroxyl groups is 1. The van der Waals surface area contributed by atoms with Gasteiger partial charge in [0.1, 0.15) is 12.1 Å². The van der Waals surface area contributed by atoms with Gasteiger partial charge in [0.25, 0.3) is 0 Å². The molecule has 0 aliphatic heterocycles. The minimum atomic E-state index is -0.264. The van der Waals surface area contributed by atoms with Crippen LogP contribution in [0.15, 0.2) is 79.5 Å². The molecule has 2 aromatic carbocycles. The maximum atomic E-state index is 12.3. The molecule has 10 heteroatoms. The molecule has 0 atom stereocenters. The van der Waals surface area contributed by atoms with E-state index in [0.29, 0.717) is 23.1 Å². The summed E-state index contributed by atoms with van der Waals surface area (Å²) in [6.45, 7) is 0. The zero-order chi connectivity index (χ0) is 27.0. The zero-order valence-corrected chi connectivity index (χ0v) is 21.3. The van der Waals surface area contributed by atoms with Crippen molar-refractivity contribution in [3.05, 3.63) is 85.1 Å². The number of nitrogen functional groups attached to an aromatic ring is 1. The lowest BCUT2D eigenvalue weighted by atomic mass is 9.93. The minimum Gasteiger partial charge on any atom is -0.397 e. The molecule has 0 bridgehead atoms. The number of nitrogens with two attached hydrogens (primary N) is 1. The van der Waals surface area contributed by atoms with Crippen LogP contribution in [0, 0.1) is 0 Å². The second-order valence-electron chi connectivity index (χ2n) is 9.39. The predicted octanol–water partition coefficient (Wildman–Crippen LogP) is 4.63. The number of hydrogen-bond acceptors (Lipinski definition) is 9. The van der Waals surface area contributed by atoms with Gasteiger partial charge in [-0.2, -0.15) is 4.98 Å². The van der Waals surface area contributed by atoms with Gasteiger partial charge >= 0.3 is 0 Å². The summed E-state index contributed by atoms with van der Waals surface area (Å²) in [4.78, 5) is 29.8. The van der Waals surface area contributed by atoms with Crippen LogP contribution in [0.2, 0.25) is 0 Å². The summed E-state index contributed by atoms with van der Waals surface area (Å²) in [5.74, 6) is 0.866. The summed E-state index contributed by atoms with van der Waals surface area (Å²) in [6, 6.07) is 14.9. The quantitative estimate of drug-likeness (QED) is 0.165. The highest BCUT2D eigenvalue weighted by atomic mass is 16.3. The maximum Gasteiger partial charge on any atom is 0.248 e. The molecule has 1 fully saturated rings. The largest absolute Gasteiger partial charge is 0.397 e. The van der Waals surface area contributed by atoms with E-state index in [1.54, 1.807) is 36.8 Å².